The molecule has 0 heterocycles. The van der Waals surface area contributed by atoms with Gasteiger partial charge in [-0.3, -0.25) is 0 Å². The summed E-state index contributed by atoms with van der Waals surface area (Å²) in [6, 6.07) is 18.6. The lowest BCUT2D eigenvalue weighted by Gasteiger charge is -2.20. The van der Waals surface area contributed by atoms with Gasteiger partial charge < -0.3 is 4.74 Å². The Morgan fingerprint density at radius 2 is 1.50 bits per heavy atom. The molecule has 0 aliphatic rings. The standard InChI is InChI=1S/C18H19NO/c1-4-18(2,13-19)16-9-5-14(6-10-16)15-7-11-17(20-3)12-8-15/h5-12H,4H2,1-3H3. The van der Waals surface area contributed by atoms with Crippen LogP contribution in [0.25, 0.3) is 11.1 Å². The molecule has 1 unspecified atom stereocenters. The van der Waals surface area contributed by atoms with Crippen molar-refractivity contribution in [3.63, 3.8) is 0 Å². The molecule has 102 valence electrons. The molecule has 20 heavy (non-hydrogen) atoms. The molecule has 2 aromatic rings. The maximum absolute atomic E-state index is 9.32. The van der Waals surface area contributed by atoms with Crippen LogP contribution in [-0.2, 0) is 5.41 Å². The van der Waals surface area contributed by atoms with Crippen molar-refractivity contribution in [2.24, 2.45) is 0 Å². The van der Waals surface area contributed by atoms with Gasteiger partial charge in [0.05, 0.1) is 18.6 Å². The Hall–Kier alpha value is -2.27. The molecule has 2 rings (SSSR count). The molecule has 2 aromatic carbocycles. The molecule has 0 amide bonds. The summed E-state index contributed by atoms with van der Waals surface area (Å²) in [6.07, 6.45) is 0.811. The number of hydrogen-bond acceptors (Lipinski definition) is 2. The predicted molar refractivity (Wildman–Crippen MR) is 81.7 cm³/mol. The lowest BCUT2D eigenvalue weighted by Crippen LogP contribution is -2.17. The SMILES string of the molecule is CCC(C)(C#N)c1ccc(-c2ccc(OC)cc2)cc1. The Labute approximate surface area is 120 Å². The number of methoxy groups -OCH3 is 1. The molecule has 0 aromatic heterocycles. The molecular weight excluding hydrogens is 246 g/mol. The molecule has 2 nitrogen and oxygen atoms in total. The minimum Gasteiger partial charge on any atom is -0.497 e. The highest BCUT2D eigenvalue weighted by atomic mass is 16.5. The van der Waals surface area contributed by atoms with E-state index in [9.17, 15) is 5.26 Å². The largest absolute Gasteiger partial charge is 0.497 e. The van der Waals surface area contributed by atoms with Crippen LogP contribution in [0, 0.1) is 11.3 Å². The molecule has 0 fully saturated rings. The smallest absolute Gasteiger partial charge is 0.118 e. The minimum atomic E-state index is -0.404. The quantitative estimate of drug-likeness (QED) is 0.812. The van der Waals surface area contributed by atoms with E-state index in [0.717, 1.165) is 28.9 Å². The summed E-state index contributed by atoms with van der Waals surface area (Å²) in [5, 5.41) is 9.32. The van der Waals surface area contributed by atoms with Crippen molar-refractivity contribution in [1.29, 1.82) is 5.26 Å². The zero-order valence-corrected chi connectivity index (χ0v) is 12.2. The lowest BCUT2D eigenvalue weighted by molar-refractivity contribution is 0.415. The molecule has 0 saturated carbocycles. The summed E-state index contributed by atoms with van der Waals surface area (Å²) < 4.78 is 5.16. The third kappa shape index (κ3) is 2.67. The van der Waals surface area contributed by atoms with E-state index in [2.05, 4.69) is 18.2 Å². The van der Waals surface area contributed by atoms with Gasteiger partial charge in [0, 0.05) is 0 Å². The van der Waals surface area contributed by atoms with E-state index in [0.29, 0.717) is 0 Å². The van der Waals surface area contributed by atoms with Crippen LogP contribution in [0.15, 0.2) is 48.5 Å². The molecule has 2 heteroatoms. The summed E-state index contributed by atoms with van der Waals surface area (Å²) in [4.78, 5) is 0. The average Bonchev–Trinajstić information content (AvgIpc) is 2.54. The van der Waals surface area contributed by atoms with Gasteiger partial charge in [-0.15, -0.1) is 0 Å². The maximum Gasteiger partial charge on any atom is 0.118 e. The summed E-state index contributed by atoms with van der Waals surface area (Å²) in [7, 11) is 1.66. The van der Waals surface area contributed by atoms with E-state index in [1.54, 1.807) is 7.11 Å². The fourth-order valence-electron chi connectivity index (χ4n) is 2.16. The normalized spacial score (nSPS) is 13.3. The molecule has 0 N–H and O–H groups in total. The highest BCUT2D eigenvalue weighted by Crippen LogP contribution is 2.29. The van der Waals surface area contributed by atoms with E-state index in [1.165, 1.54) is 0 Å². The highest BCUT2D eigenvalue weighted by molar-refractivity contribution is 5.64. The maximum atomic E-state index is 9.32. The van der Waals surface area contributed by atoms with Gasteiger partial charge in [-0.2, -0.15) is 5.26 Å². The van der Waals surface area contributed by atoms with Crippen molar-refractivity contribution < 1.29 is 4.74 Å². The van der Waals surface area contributed by atoms with Gasteiger partial charge in [0.1, 0.15) is 5.75 Å². The molecule has 0 saturated heterocycles. The van der Waals surface area contributed by atoms with E-state index < -0.39 is 5.41 Å². The number of nitrogens with zero attached hydrogens (tertiary/aromatic N) is 1. The van der Waals surface area contributed by atoms with E-state index in [-0.39, 0.29) is 0 Å². The van der Waals surface area contributed by atoms with Gasteiger partial charge in [0.25, 0.3) is 0 Å². The molecule has 0 aliphatic carbocycles. The van der Waals surface area contributed by atoms with E-state index in [1.807, 2.05) is 50.2 Å². The molecule has 0 spiro atoms. The minimum absolute atomic E-state index is 0.404. The number of nitriles is 1. The third-order valence-electron chi connectivity index (χ3n) is 3.90. The van der Waals surface area contributed by atoms with Crippen molar-refractivity contribution >= 4 is 0 Å². The highest BCUT2D eigenvalue weighted by Gasteiger charge is 2.23. The monoisotopic (exact) mass is 265 g/mol. The first-order valence-electron chi connectivity index (χ1n) is 6.79. The fraction of sp³-hybridized carbons (Fsp3) is 0.278. The van der Waals surface area contributed by atoms with E-state index >= 15 is 0 Å². The van der Waals surface area contributed by atoms with Crippen LogP contribution in [0.2, 0.25) is 0 Å². The molecule has 0 bridgehead atoms. The Bertz CT molecular complexity index is 607. The second-order valence-electron chi connectivity index (χ2n) is 5.10. The van der Waals surface area contributed by atoms with Crippen LogP contribution in [0.5, 0.6) is 5.75 Å². The van der Waals surface area contributed by atoms with Crippen LogP contribution >= 0.6 is 0 Å². The van der Waals surface area contributed by atoms with Gasteiger partial charge >= 0.3 is 0 Å². The molecule has 0 aliphatic heterocycles. The Kier molecular flexibility index (Phi) is 4.10. The van der Waals surface area contributed by atoms with Crippen molar-refractivity contribution in [2.75, 3.05) is 7.11 Å². The Balaban J connectivity index is 2.30. The Morgan fingerprint density at radius 3 is 1.90 bits per heavy atom. The van der Waals surface area contributed by atoms with Crippen LogP contribution in [0.1, 0.15) is 25.8 Å². The number of rotatable bonds is 4. The van der Waals surface area contributed by atoms with Gasteiger partial charge in [-0.1, -0.05) is 43.3 Å². The van der Waals surface area contributed by atoms with Crippen LogP contribution in [-0.4, -0.2) is 7.11 Å². The lowest BCUT2D eigenvalue weighted by atomic mass is 9.81. The van der Waals surface area contributed by atoms with Crippen molar-refractivity contribution in [2.45, 2.75) is 25.7 Å². The van der Waals surface area contributed by atoms with Gasteiger partial charge in [-0.25, -0.2) is 0 Å². The predicted octanol–water partition coefficient (Wildman–Crippen LogP) is 4.55. The van der Waals surface area contributed by atoms with Crippen molar-refractivity contribution in [3.8, 4) is 22.9 Å². The first-order chi connectivity index (χ1) is 9.62. The van der Waals surface area contributed by atoms with Crippen LogP contribution in [0.3, 0.4) is 0 Å². The second kappa shape index (κ2) is 5.79. The Morgan fingerprint density at radius 1 is 1.00 bits per heavy atom. The second-order valence-corrected chi connectivity index (χ2v) is 5.10. The third-order valence-corrected chi connectivity index (χ3v) is 3.90. The average molecular weight is 265 g/mol. The molecular formula is C18H19NO. The summed E-state index contributed by atoms with van der Waals surface area (Å²) in [6.45, 7) is 4.02. The van der Waals surface area contributed by atoms with Crippen molar-refractivity contribution in [1.82, 2.24) is 0 Å². The topological polar surface area (TPSA) is 33.0 Å². The zero-order valence-electron chi connectivity index (χ0n) is 12.2. The summed E-state index contributed by atoms with van der Waals surface area (Å²) in [5.74, 6) is 0.855. The molecule has 1 atom stereocenters. The molecule has 0 radical (unpaired) electrons. The number of ether oxygens (including phenoxy) is 1. The summed E-state index contributed by atoms with van der Waals surface area (Å²) in [5.41, 5.74) is 2.96. The van der Waals surface area contributed by atoms with Gasteiger partial charge in [0.15, 0.2) is 0 Å². The number of hydrogen-bond donors (Lipinski definition) is 0. The van der Waals surface area contributed by atoms with Crippen LogP contribution in [0.4, 0.5) is 0 Å². The fourth-order valence-corrected chi connectivity index (χ4v) is 2.16. The van der Waals surface area contributed by atoms with E-state index in [4.69, 9.17) is 4.74 Å². The first-order valence-corrected chi connectivity index (χ1v) is 6.79. The van der Waals surface area contributed by atoms with Crippen molar-refractivity contribution in [3.05, 3.63) is 54.1 Å². The van der Waals surface area contributed by atoms with Crippen LogP contribution < -0.4 is 4.74 Å². The van der Waals surface area contributed by atoms with Gasteiger partial charge in [0.2, 0.25) is 0 Å². The van der Waals surface area contributed by atoms with Gasteiger partial charge in [-0.05, 0) is 42.2 Å². The zero-order chi connectivity index (χ0) is 14.6. The summed E-state index contributed by atoms with van der Waals surface area (Å²) >= 11 is 0. The first kappa shape index (κ1) is 14.1. The number of benzene rings is 2.